The first-order valence-corrected chi connectivity index (χ1v) is 11.1. The van der Waals surface area contributed by atoms with Crippen LogP contribution in [0.15, 0.2) is 36.4 Å². The predicted molar refractivity (Wildman–Crippen MR) is 120 cm³/mol. The second-order valence-corrected chi connectivity index (χ2v) is 8.99. The lowest BCUT2D eigenvalue weighted by Crippen LogP contribution is -2.49. The van der Waals surface area contributed by atoms with Gasteiger partial charge in [0.05, 0.1) is 10.0 Å². The zero-order valence-corrected chi connectivity index (χ0v) is 18.4. The molecule has 0 saturated carbocycles. The van der Waals surface area contributed by atoms with Gasteiger partial charge in [-0.3, -0.25) is 9.80 Å². The predicted octanol–water partition coefficient (Wildman–Crippen LogP) is 5.39. The summed E-state index contributed by atoms with van der Waals surface area (Å²) < 4.78 is 0. The molecule has 2 aliphatic heterocycles. The molecule has 0 radical (unpaired) electrons. The number of halogens is 3. The van der Waals surface area contributed by atoms with E-state index in [4.69, 9.17) is 34.8 Å². The molecule has 0 spiro atoms. The largest absolute Gasteiger partial charge is 0.369 e. The van der Waals surface area contributed by atoms with Crippen molar-refractivity contribution in [3.05, 3.63) is 62.6 Å². The van der Waals surface area contributed by atoms with Gasteiger partial charge in [0.25, 0.3) is 0 Å². The van der Waals surface area contributed by atoms with Crippen LogP contribution in [-0.4, -0.2) is 55.6 Å². The monoisotopic (exact) mass is 437 g/mol. The number of anilines is 1. The molecule has 0 aliphatic carbocycles. The SMILES string of the molecule is CC1c2cc(Cl)c(Cl)cc2CCN1CCN1CCN(c2cccc(Cl)c2)CC1. The van der Waals surface area contributed by atoms with Crippen molar-refractivity contribution in [3.8, 4) is 0 Å². The van der Waals surface area contributed by atoms with Crippen LogP contribution in [0.2, 0.25) is 15.1 Å². The van der Waals surface area contributed by atoms with Crippen molar-refractivity contribution < 1.29 is 0 Å². The van der Waals surface area contributed by atoms with Crippen molar-refractivity contribution >= 4 is 40.5 Å². The maximum absolute atomic E-state index is 6.26. The van der Waals surface area contributed by atoms with Gasteiger partial charge in [0, 0.05) is 62.6 Å². The quantitative estimate of drug-likeness (QED) is 0.634. The van der Waals surface area contributed by atoms with Crippen molar-refractivity contribution in [3.63, 3.8) is 0 Å². The molecule has 1 unspecified atom stereocenters. The van der Waals surface area contributed by atoms with Crippen LogP contribution in [0.5, 0.6) is 0 Å². The van der Waals surface area contributed by atoms with E-state index in [1.165, 1.54) is 16.8 Å². The first-order valence-electron chi connectivity index (χ1n) is 9.96. The van der Waals surface area contributed by atoms with Crippen LogP contribution in [0.3, 0.4) is 0 Å². The molecular formula is C22H26Cl3N3. The molecule has 150 valence electrons. The van der Waals surface area contributed by atoms with Gasteiger partial charge in [-0.25, -0.2) is 0 Å². The first-order chi connectivity index (χ1) is 13.5. The maximum atomic E-state index is 6.26. The van der Waals surface area contributed by atoms with E-state index in [1.54, 1.807) is 0 Å². The summed E-state index contributed by atoms with van der Waals surface area (Å²) in [5.74, 6) is 0. The molecule has 4 rings (SSSR count). The third kappa shape index (κ3) is 4.44. The van der Waals surface area contributed by atoms with Crippen molar-refractivity contribution in [1.82, 2.24) is 9.80 Å². The highest BCUT2D eigenvalue weighted by molar-refractivity contribution is 6.42. The minimum Gasteiger partial charge on any atom is -0.369 e. The number of rotatable bonds is 4. The summed E-state index contributed by atoms with van der Waals surface area (Å²) >= 11 is 18.6. The highest BCUT2D eigenvalue weighted by Gasteiger charge is 2.26. The van der Waals surface area contributed by atoms with E-state index in [0.717, 1.165) is 57.3 Å². The first kappa shape index (κ1) is 20.3. The van der Waals surface area contributed by atoms with E-state index in [-0.39, 0.29) is 0 Å². The van der Waals surface area contributed by atoms with Crippen molar-refractivity contribution in [2.24, 2.45) is 0 Å². The minimum absolute atomic E-state index is 0.381. The van der Waals surface area contributed by atoms with Crippen LogP contribution in [-0.2, 0) is 6.42 Å². The lowest BCUT2D eigenvalue weighted by atomic mass is 9.93. The molecule has 0 amide bonds. The van der Waals surface area contributed by atoms with Crippen LogP contribution in [0.25, 0.3) is 0 Å². The normalized spacial score (nSPS) is 21.0. The van der Waals surface area contributed by atoms with Gasteiger partial charge < -0.3 is 4.90 Å². The topological polar surface area (TPSA) is 9.72 Å². The molecule has 2 aromatic carbocycles. The van der Waals surface area contributed by atoms with E-state index < -0.39 is 0 Å². The molecule has 6 heteroatoms. The van der Waals surface area contributed by atoms with Gasteiger partial charge in [0.2, 0.25) is 0 Å². The number of hydrogen-bond acceptors (Lipinski definition) is 3. The fourth-order valence-corrected chi connectivity index (χ4v) is 4.88. The molecule has 1 fully saturated rings. The minimum atomic E-state index is 0.381. The summed E-state index contributed by atoms with van der Waals surface area (Å²) in [5.41, 5.74) is 3.89. The molecule has 0 bridgehead atoms. The summed E-state index contributed by atoms with van der Waals surface area (Å²) in [6, 6.07) is 12.6. The molecular weight excluding hydrogens is 413 g/mol. The molecule has 28 heavy (non-hydrogen) atoms. The van der Waals surface area contributed by atoms with Gasteiger partial charge >= 0.3 is 0 Å². The Hall–Kier alpha value is -0.970. The molecule has 0 N–H and O–H groups in total. The standard InChI is InChI=1S/C22H26Cl3N3/c1-16-20-15-22(25)21(24)13-17(20)5-6-27(16)10-7-26-8-11-28(12-9-26)19-4-2-3-18(23)14-19/h2-4,13-16H,5-12H2,1H3. The average Bonchev–Trinajstić information content (AvgIpc) is 2.69. The highest BCUT2D eigenvalue weighted by atomic mass is 35.5. The van der Waals surface area contributed by atoms with Crippen molar-refractivity contribution in [2.45, 2.75) is 19.4 Å². The van der Waals surface area contributed by atoms with Gasteiger partial charge in [0.15, 0.2) is 0 Å². The Morgan fingerprint density at radius 1 is 0.893 bits per heavy atom. The molecule has 2 aromatic rings. The summed E-state index contributed by atoms with van der Waals surface area (Å²) in [6.45, 7) is 9.81. The second-order valence-electron chi connectivity index (χ2n) is 7.74. The Labute approximate surface area is 182 Å². The second kappa shape index (κ2) is 8.81. The van der Waals surface area contributed by atoms with Gasteiger partial charge in [-0.1, -0.05) is 40.9 Å². The highest BCUT2D eigenvalue weighted by Crippen LogP contribution is 2.35. The van der Waals surface area contributed by atoms with Crippen LogP contribution in [0, 0.1) is 0 Å². The van der Waals surface area contributed by atoms with E-state index in [1.807, 2.05) is 18.2 Å². The number of hydrogen-bond donors (Lipinski definition) is 0. The van der Waals surface area contributed by atoms with E-state index >= 15 is 0 Å². The number of benzene rings is 2. The lowest BCUT2D eigenvalue weighted by Gasteiger charge is -2.39. The third-order valence-corrected chi connectivity index (χ3v) is 7.05. The Morgan fingerprint density at radius 3 is 2.39 bits per heavy atom. The van der Waals surface area contributed by atoms with Crippen molar-refractivity contribution in [2.75, 3.05) is 50.7 Å². The lowest BCUT2D eigenvalue weighted by molar-refractivity contribution is 0.156. The smallest absolute Gasteiger partial charge is 0.0595 e. The number of nitrogens with zero attached hydrogens (tertiary/aromatic N) is 3. The van der Waals surface area contributed by atoms with E-state index in [9.17, 15) is 0 Å². The number of fused-ring (bicyclic) bond motifs is 1. The van der Waals surface area contributed by atoms with Crippen LogP contribution >= 0.6 is 34.8 Å². The molecule has 2 aliphatic rings. The third-order valence-electron chi connectivity index (χ3n) is 6.10. The Morgan fingerprint density at radius 2 is 1.64 bits per heavy atom. The molecule has 2 heterocycles. The molecule has 1 saturated heterocycles. The van der Waals surface area contributed by atoms with Crippen molar-refractivity contribution in [1.29, 1.82) is 0 Å². The van der Waals surface area contributed by atoms with Crippen LogP contribution in [0.4, 0.5) is 5.69 Å². The van der Waals surface area contributed by atoms with Gasteiger partial charge in [0.1, 0.15) is 0 Å². The summed E-state index contributed by atoms with van der Waals surface area (Å²) in [7, 11) is 0. The maximum Gasteiger partial charge on any atom is 0.0595 e. The Balaban J connectivity index is 1.30. The fourth-order valence-electron chi connectivity index (χ4n) is 4.34. The molecule has 3 nitrogen and oxygen atoms in total. The van der Waals surface area contributed by atoms with E-state index in [2.05, 4.69) is 39.8 Å². The summed E-state index contributed by atoms with van der Waals surface area (Å²) in [4.78, 5) is 7.56. The number of piperazine rings is 1. The zero-order valence-electron chi connectivity index (χ0n) is 16.2. The van der Waals surface area contributed by atoms with Gasteiger partial charge in [-0.05, 0) is 54.8 Å². The zero-order chi connectivity index (χ0) is 19.7. The van der Waals surface area contributed by atoms with Crippen LogP contribution < -0.4 is 4.90 Å². The molecule has 0 aromatic heterocycles. The average molecular weight is 439 g/mol. The fraction of sp³-hybridized carbons (Fsp3) is 0.455. The Kier molecular flexibility index (Phi) is 6.39. The Bertz CT molecular complexity index is 834. The summed E-state index contributed by atoms with van der Waals surface area (Å²) in [5, 5.41) is 2.13. The summed E-state index contributed by atoms with van der Waals surface area (Å²) in [6.07, 6.45) is 1.04. The van der Waals surface area contributed by atoms with Gasteiger partial charge in [-0.2, -0.15) is 0 Å². The molecule has 1 atom stereocenters. The van der Waals surface area contributed by atoms with Gasteiger partial charge in [-0.15, -0.1) is 0 Å². The van der Waals surface area contributed by atoms with Crippen LogP contribution in [0.1, 0.15) is 24.1 Å². The van der Waals surface area contributed by atoms with E-state index in [0.29, 0.717) is 16.1 Å².